The van der Waals surface area contributed by atoms with Gasteiger partial charge >= 0.3 is 5.97 Å². The third-order valence-corrected chi connectivity index (χ3v) is 4.40. The summed E-state index contributed by atoms with van der Waals surface area (Å²) in [5.74, 6) is -0.678. The molecule has 3 aromatic carbocycles. The summed E-state index contributed by atoms with van der Waals surface area (Å²) in [5, 5.41) is 5.66. The van der Waals surface area contributed by atoms with E-state index in [0.29, 0.717) is 22.4 Å². The Labute approximate surface area is 180 Å². The normalized spacial score (nSPS) is 10.3. The van der Waals surface area contributed by atoms with Crippen molar-refractivity contribution in [3.63, 3.8) is 0 Å². The molecule has 3 aromatic rings. The van der Waals surface area contributed by atoms with E-state index in [1.54, 1.807) is 66.7 Å². The molecule has 158 valence electrons. The second kappa shape index (κ2) is 10.1. The van der Waals surface area contributed by atoms with Gasteiger partial charge in [-0.3, -0.25) is 14.4 Å². The summed E-state index contributed by atoms with van der Waals surface area (Å²) in [4.78, 5) is 36.8. The van der Waals surface area contributed by atoms with E-state index in [1.807, 2.05) is 12.1 Å². The number of nitrogens with one attached hydrogen (secondary N) is 2. The molecule has 0 aromatic heterocycles. The molecule has 0 aliphatic heterocycles. The fraction of sp³-hybridized carbons (Fsp3) is 0.125. The standard InChI is InChI=1S/C24H22N2O5/c1-16(27)31-20-14-13-19(15-21(20)30-2)22(25-23(28)17-9-5-3-6-10-17)26-24(29)18-11-7-4-8-12-18/h3-15,22H,1-2H3,(H,25,28)(H,26,29). The molecule has 0 fully saturated rings. The van der Waals surface area contributed by atoms with Gasteiger partial charge in [-0.05, 0) is 42.0 Å². The summed E-state index contributed by atoms with van der Waals surface area (Å²) in [7, 11) is 1.44. The van der Waals surface area contributed by atoms with Crippen LogP contribution in [0.15, 0.2) is 78.9 Å². The Kier molecular flexibility index (Phi) is 7.01. The van der Waals surface area contributed by atoms with Crippen molar-refractivity contribution in [2.75, 3.05) is 7.11 Å². The lowest BCUT2D eigenvalue weighted by Crippen LogP contribution is -2.41. The van der Waals surface area contributed by atoms with Crippen molar-refractivity contribution in [3.8, 4) is 11.5 Å². The van der Waals surface area contributed by atoms with Gasteiger partial charge in [-0.15, -0.1) is 0 Å². The van der Waals surface area contributed by atoms with Crippen LogP contribution in [-0.4, -0.2) is 24.9 Å². The molecule has 2 amide bonds. The topological polar surface area (TPSA) is 93.7 Å². The molecule has 7 nitrogen and oxygen atoms in total. The summed E-state index contributed by atoms with van der Waals surface area (Å²) in [6, 6.07) is 22.1. The molecule has 31 heavy (non-hydrogen) atoms. The molecule has 0 aliphatic carbocycles. The van der Waals surface area contributed by atoms with Gasteiger partial charge in [-0.1, -0.05) is 42.5 Å². The monoisotopic (exact) mass is 418 g/mol. The molecule has 7 heteroatoms. The zero-order valence-corrected chi connectivity index (χ0v) is 17.1. The first kappa shape index (κ1) is 21.6. The van der Waals surface area contributed by atoms with Crippen LogP contribution in [0.2, 0.25) is 0 Å². The highest BCUT2D eigenvalue weighted by atomic mass is 16.6. The van der Waals surface area contributed by atoms with E-state index < -0.39 is 12.1 Å². The number of ether oxygens (including phenoxy) is 2. The van der Waals surface area contributed by atoms with Gasteiger partial charge in [0, 0.05) is 18.1 Å². The Hall–Kier alpha value is -4.13. The quantitative estimate of drug-likeness (QED) is 0.348. The number of hydrogen-bond acceptors (Lipinski definition) is 5. The van der Waals surface area contributed by atoms with Crippen LogP contribution < -0.4 is 20.1 Å². The number of carbonyl (C=O) groups is 3. The van der Waals surface area contributed by atoms with E-state index in [4.69, 9.17) is 9.47 Å². The summed E-state index contributed by atoms with van der Waals surface area (Å²) in [6.07, 6.45) is -0.860. The minimum Gasteiger partial charge on any atom is -0.493 e. The average molecular weight is 418 g/mol. The molecular weight excluding hydrogens is 396 g/mol. The maximum absolute atomic E-state index is 12.8. The van der Waals surface area contributed by atoms with Crippen molar-refractivity contribution in [3.05, 3.63) is 95.6 Å². The fourth-order valence-corrected chi connectivity index (χ4v) is 2.91. The largest absolute Gasteiger partial charge is 0.493 e. The molecule has 0 bridgehead atoms. The van der Waals surface area contributed by atoms with Crippen LogP contribution in [0.3, 0.4) is 0 Å². The number of methoxy groups -OCH3 is 1. The van der Waals surface area contributed by atoms with Crippen LogP contribution in [0.5, 0.6) is 11.5 Å². The predicted octanol–water partition coefficient (Wildman–Crippen LogP) is 3.48. The lowest BCUT2D eigenvalue weighted by Gasteiger charge is -2.22. The van der Waals surface area contributed by atoms with Crippen LogP contribution in [0, 0.1) is 0 Å². The molecule has 0 spiro atoms. The number of hydrogen-bond donors (Lipinski definition) is 2. The number of benzene rings is 3. The molecule has 0 aliphatic rings. The van der Waals surface area contributed by atoms with E-state index in [0.717, 1.165) is 0 Å². The number of esters is 1. The highest BCUT2D eigenvalue weighted by Gasteiger charge is 2.21. The first-order chi connectivity index (χ1) is 15.0. The minimum atomic E-state index is -0.860. The molecule has 0 unspecified atom stereocenters. The van der Waals surface area contributed by atoms with E-state index >= 15 is 0 Å². The maximum Gasteiger partial charge on any atom is 0.308 e. The van der Waals surface area contributed by atoms with Crippen LogP contribution in [0.4, 0.5) is 0 Å². The van der Waals surface area contributed by atoms with Crippen molar-refractivity contribution in [2.24, 2.45) is 0 Å². The van der Waals surface area contributed by atoms with Gasteiger partial charge in [0.15, 0.2) is 11.5 Å². The summed E-state index contributed by atoms with van der Waals surface area (Å²) < 4.78 is 10.4. The van der Waals surface area contributed by atoms with Gasteiger partial charge in [0.1, 0.15) is 6.17 Å². The second-order valence-electron chi connectivity index (χ2n) is 6.62. The van der Waals surface area contributed by atoms with Gasteiger partial charge in [0.25, 0.3) is 11.8 Å². The Bertz CT molecular complexity index is 1010. The third-order valence-electron chi connectivity index (χ3n) is 4.40. The maximum atomic E-state index is 12.8. The van der Waals surface area contributed by atoms with Crippen molar-refractivity contribution < 1.29 is 23.9 Å². The zero-order valence-electron chi connectivity index (χ0n) is 17.1. The van der Waals surface area contributed by atoms with E-state index in [2.05, 4.69) is 10.6 Å². The Morgan fingerprint density at radius 1 is 0.742 bits per heavy atom. The highest BCUT2D eigenvalue weighted by molar-refractivity contribution is 5.96. The molecule has 0 atom stereocenters. The molecule has 0 heterocycles. The predicted molar refractivity (Wildman–Crippen MR) is 115 cm³/mol. The third kappa shape index (κ3) is 5.70. The van der Waals surface area contributed by atoms with Gasteiger partial charge in [-0.2, -0.15) is 0 Å². The SMILES string of the molecule is COc1cc(C(NC(=O)c2ccccc2)NC(=O)c2ccccc2)ccc1OC(C)=O. The summed E-state index contributed by atoms with van der Waals surface area (Å²) >= 11 is 0. The van der Waals surface area contributed by atoms with Crippen molar-refractivity contribution in [1.82, 2.24) is 10.6 Å². The number of amides is 2. The molecule has 0 radical (unpaired) electrons. The molecule has 0 saturated heterocycles. The van der Waals surface area contributed by atoms with Gasteiger partial charge in [0.05, 0.1) is 7.11 Å². The van der Waals surface area contributed by atoms with Crippen molar-refractivity contribution in [1.29, 1.82) is 0 Å². The fourth-order valence-electron chi connectivity index (χ4n) is 2.91. The molecule has 3 rings (SSSR count). The van der Waals surface area contributed by atoms with Crippen LogP contribution in [0.25, 0.3) is 0 Å². The second-order valence-corrected chi connectivity index (χ2v) is 6.62. The summed E-state index contributed by atoms with van der Waals surface area (Å²) in [6.45, 7) is 1.29. The van der Waals surface area contributed by atoms with E-state index in [9.17, 15) is 14.4 Å². The first-order valence-corrected chi connectivity index (χ1v) is 9.56. The molecular formula is C24H22N2O5. The highest BCUT2D eigenvalue weighted by Crippen LogP contribution is 2.30. The Morgan fingerprint density at radius 2 is 1.26 bits per heavy atom. The summed E-state index contributed by atoms with van der Waals surface area (Å²) in [5.41, 5.74) is 1.44. The van der Waals surface area contributed by atoms with Crippen LogP contribution in [-0.2, 0) is 4.79 Å². The zero-order chi connectivity index (χ0) is 22.2. The number of carbonyl (C=O) groups excluding carboxylic acids is 3. The molecule has 0 saturated carbocycles. The Morgan fingerprint density at radius 3 is 1.71 bits per heavy atom. The lowest BCUT2D eigenvalue weighted by molar-refractivity contribution is -0.132. The van der Waals surface area contributed by atoms with E-state index in [1.165, 1.54) is 14.0 Å². The van der Waals surface area contributed by atoms with Crippen LogP contribution >= 0.6 is 0 Å². The lowest BCUT2D eigenvalue weighted by atomic mass is 10.1. The number of rotatable bonds is 7. The van der Waals surface area contributed by atoms with Crippen molar-refractivity contribution in [2.45, 2.75) is 13.1 Å². The first-order valence-electron chi connectivity index (χ1n) is 9.56. The van der Waals surface area contributed by atoms with Crippen molar-refractivity contribution >= 4 is 17.8 Å². The average Bonchev–Trinajstić information content (AvgIpc) is 2.79. The molecule has 2 N–H and O–H groups in total. The van der Waals surface area contributed by atoms with E-state index in [-0.39, 0.29) is 17.6 Å². The van der Waals surface area contributed by atoms with Gasteiger partial charge < -0.3 is 20.1 Å². The Balaban J connectivity index is 1.92. The van der Waals surface area contributed by atoms with Gasteiger partial charge in [0.2, 0.25) is 0 Å². The van der Waals surface area contributed by atoms with Gasteiger partial charge in [-0.25, -0.2) is 0 Å². The van der Waals surface area contributed by atoms with Crippen LogP contribution in [0.1, 0.15) is 39.4 Å². The smallest absolute Gasteiger partial charge is 0.308 e. The minimum absolute atomic E-state index is 0.237.